The molecule has 0 spiro atoms. The van der Waals surface area contributed by atoms with Crippen molar-refractivity contribution < 1.29 is 18.0 Å². The van der Waals surface area contributed by atoms with E-state index in [2.05, 4.69) is 13.0 Å². The monoisotopic (exact) mass is 402 g/mol. The van der Waals surface area contributed by atoms with E-state index in [1.165, 1.54) is 57.8 Å². The third kappa shape index (κ3) is 16.3. The first-order valence-electron chi connectivity index (χ1n) is 11.4. The SMILES string of the molecule is CCCCCCCCO/C=C\CCCCCC[Si](OCC)(OCC)OCC. The lowest BCUT2D eigenvalue weighted by atomic mass is 10.1. The fraction of sp³-hybridized carbons (Fsp3) is 0.909. The molecule has 0 amide bonds. The van der Waals surface area contributed by atoms with Gasteiger partial charge in [-0.15, -0.1) is 0 Å². The molecule has 162 valence electrons. The van der Waals surface area contributed by atoms with Crippen LogP contribution >= 0.6 is 0 Å². The number of hydrogen-bond acceptors (Lipinski definition) is 4. The van der Waals surface area contributed by atoms with Crippen molar-refractivity contribution in [3.63, 3.8) is 0 Å². The molecule has 0 fully saturated rings. The predicted molar refractivity (Wildman–Crippen MR) is 117 cm³/mol. The summed E-state index contributed by atoms with van der Waals surface area (Å²) in [4.78, 5) is 0. The number of hydrogen-bond donors (Lipinski definition) is 0. The lowest BCUT2D eigenvalue weighted by Crippen LogP contribution is -2.45. The summed E-state index contributed by atoms with van der Waals surface area (Å²) in [5, 5.41) is 0. The zero-order valence-corrected chi connectivity index (χ0v) is 19.6. The van der Waals surface area contributed by atoms with Crippen LogP contribution in [0.4, 0.5) is 0 Å². The lowest BCUT2D eigenvalue weighted by molar-refractivity contribution is 0.0706. The van der Waals surface area contributed by atoms with E-state index in [1.54, 1.807) is 0 Å². The Labute approximate surface area is 170 Å². The zero-order chi connectivity index (χ0) is 20.1. The molecule has 0 aliphatic heterocycles. The van der Waals surface area contributed by atoms with Crippen LogP contribution in [0.5, 0.6) is 0 Å². The van der Waals surface area contributed by atoms with Crippen LogP contribution in [0.25, 0.3) is 0 Å². The standard InChI is InChI=1S/C22H46O4Si/c1-5-9-10-11-14-17-20-23-21-18-15-12-13-16-19-22-27(24-6-2,25-7-3)26-8-4/h18,21H,5-17,19-20,22H2,1-4H3/b21-18-. The van der Waals surface area contributed by atoms with Crippen LogP contribution in [0.3, 0.4) is 0 Å². The van der Waals surface area contributed by atoms with Gasteiger partial charge < -0.3 is 18.0 Å². The van der Waals surface area contributed by atoms with Gasteiger partial charge in [-0.25, -0.2) is 0 Å². The highest BCUT2D eigenvalue weighted by Gasteiger charge is 2.39. The summed E-state index contributed by atoms with van der Waals surface area (Å²) in [5.41, 5.74) is 0. The van der Waals surface area contributed by atoms with Gasteiger partial charge in [0.25, 0.3) is 0 Å². The Morgan fingerprint density at radius 1 is 0.630 bits per heavy atom. The van der Waals surface area contributed by atoms with Crippen molar-refractivity contribution in [3.05, 3.63) is 12.3 Å². The summed E-state index contributed by atoms with van der Waals surface area (Å²) in [6, 6.07) is 0.930. The van der Waals surface area contributed by atoms with Crippen LogP contribution in [0.2, 0.25) is 6.04 Å². The second kappa shape index (κ2) is 20.4. The smallest absolute Gasteiger partial charge is 0.500 e. The Morgan fingerprint density at radius 2 is 1.19 bits per heavy atom. The highest BCUT2D eigenvalue weighted by molar-refractivity contribution is 6.60. The van der Waals surface area contributed by atoms with Crippen molar-refractivity contribution in [2.75, 3.05) is 26.4 Å². The molecule has 0 aromatic carbocycles. The highest BCUT2D eigenvalue weighted by atomic mass is 28.4. The average molecular weight is 403 g/mol. The molecule has 0 atom stereocenters. The quantitative estimate of drug-likeness (QED) is 0.119. The molecule has 0 bridgehead atoms. The first kappa shape index (κ1) is 26.6. The molecule has 0 rings (SSSR count). The van der Waals surface area contributed by atoms with Gasteiger partial charge >= 0.3 is 8.80 Å². The van der Waals surface area contributed by atoms with E-state index in [0.717, 1.165) is 25.5 Å². The Balaban J connectivity index is 3.61. The molecule has 0 N–H and O–H groups in total. The fourth-order valence-corrected chi connectivity index (χ4v) is 5.81. The van der Waals surface area contributed by atoms with Crippen LogP contribution in [0.1, 0.15) is 98.3 Å². The molecule has 0 saturated carbocycles. The predicted octanol–water partition coefficient (Wildman–Crippen LogP) is 6.88. The molecule has 0 saturated heterocycles. The van der Waals surface area contributed by atoms with Crippen LogP contribution in [0, 0.1) is 0 Å². The van der Waals surface area contributed by atoms with Gasteiger partial charge in [-0.05, 0) is 52.5 Å². The largest absolute Gasteiger partial charge is 0.502 e. The molecular weight excluding hydrogens is 356 g/mol. The summed E-state index contributed by atoms with van der Waals surface area (Å²) in [5.74, 6) is 0. The number of ether oxygens (including phenoxy) is 1. The summed E-state index contributed by atoms with van der Waals surface area (Å²) in [6.07, 6.45) is 17.8. The van der Waals surface area contributed by atoms with Gasteiger partial charge in [0.15, 0.2) is 0 Å². The number of allylic oxidation sites excluding steroid dienone is 1. The van der Waals surface area contributed by atoms with Gasteiger partial charge in [0.1, 0.15) is 0 Å². The van der Waals surface area contributed by atoms with E-state index < -0.39 is 8.80 Å². The molecule has 0 aromatic rings. The first-order valence-corrected chi connectivity index (χ1v) is 13.4. The zero-order valence-electron chi connectivity index (χ0n) is 18.6. The van der Waals surface area contributed by atoms with Crippen LogP contribution in [-0.2, 0) is 18.0 Å². The van der Waals surface area contributed by atoms with Crippen molar-refractivity contribution in [2.24, 2.45) is 0 Å². The summed E-state index contributed by atoms with van der Waals surface area (Å²) < 4.78 is 23.3. The van der Waals surface area contributed by atoms with Crippen molar-refractivity contribution >= 4 is 8.80 Å². The Kier molecular flexibility index (Phi) is 20.1. The van der Waals surface area contributed by atoms with Crippen LogP contribution in [0.15, 0.2) is 12.3 Å². The minimum Gasteiger partial charge on any atom is -0.502 e. The number of rotatable bonds is 21. The lowest BCUT2D eigenvalue weighted by Gasteiger charge is -2.28. The normalized spacial score (nSPS) is 12.1. The Morgan fingerprint density at radius 3 is 1.81 bits per heavy atom. The summed E-state index contributed by atoms with van der Waals surface area (Å²) >= 11 is 0. The molecule has 0 heterocycles. The topological polar surface area (TPSA) is 36.9 Å². The van der Waals surface area contributed by atoms with Crippen molar-refractivity contribution in [2.45, 2.75) is 104 Å². The molecular formula is C22H46O4Si. The maximum Gasteiger partial charge on any atom is 0.500 e. The average Bonchev–Trinajstić information content (AvgIpc) is 2.65. The fourth-order valence-electron chi connectivity index (χ4n) is 3.13. The van der Waals surface area contributed by atoms with E-state index in [4.69, 9.17) is 18.0 Å². The van der Waals surface area contributed by atoms with E-state index in [-0.39, 0.29) is 0 Å². The maximum absolute atomic E-state index is 5.90. The van der Waals surface area contributed by atoms with Gasteiger partial charge in [-0.3, -0.25) is 0 Å². The molecule has 0 aliphatic rings. The Bertz CT molecular complexity index is 306. The van der Waals surface area contributed by atoms with Gasteiger partial charge in [0.2, 0.25) is 0 Å². The van der Waals surface area contributed by atoms with Gasteiger partial charge in [0.05, 0.1) is 12.9 Å². The maximum atomic E-state index is 5.90. The molecule has 0 aromatic heterocycles. The van der Waals surface area contributed by atoms with Gasteiger partial charge in [-0.1, -0.05) is 51.9 Å². The highest BCUT2D eigenvalue weighted by Crippen LogP contribution is 2.20. The van der Waals surface area contributed by atoms with Gasteiger partial charge in [-0.2, -0.15) is 0 Å². The van der Waals surface area contributed by atoms with Crippen molar-refractivity contribution in [3.8, 4) is 0 Å². The molecule has 5 heteroatoms. The van der Waals surface area contributed by atoms with Crippen molar-refractivity contribution in [1.29, 1.82) is 0 Å². The van der Waals surface area contributed by atoms with Crippen LogP contribution < -0.4 is 0 Å². The summed E-state index contributed by atoms with van der Waals surface area (Å²) in [6.45, 7) is 11.1. The van der Waals surface area contributed by atoms with E-state index >= 15 is 0 Å². The minimum absolute atomic E-state index is 0.662. The first-order chi connectivity index (χ1) is 13.2. The third-order valence-corrected chi connectivity index (χ3v) is 7.66. The van der Waals surface area contributed by atoms with Gasteiger partial charge in [0, 0.05) is 25.9 Å². The van der Waals surface area contributed by atoms with Crippen molar-refractivity contribution in [1.82, 2.24) is 0 Å². The second-order valence-electron chi connectivity index (χ2n) is 6.95. The van der Waals surface area contributed by atoms with Crippen LogP contribution in [-0.4, -0.2) is 35.2 Å². The Hall–Kier alpha value is -0.363. The molecule has 4 nitrogen and oxygen atoms in total. The molecule has 0 radical (unpaired) electrons. The van der Waals surface area contributed by atoms with E-state index in [1.807, 2.05) is 27.0 Å². The van der Waals surface area contributed by atoms with E-state index in [0.29, 0.717) is 19.8 Å². The molecule has 0 aliphatic carbocycles. The minimum atomic E-state index is -2.43. The van der Waals surface area contributed by atoms with E-state index in [9.17, 15) is 0 Å². The second-order valence-corrected chi connectivity index (χ2v) is 9.68. The summed E-state index contributed by atoms with van der Waals surface area (Å²) in [7, 11) is -2.43. The number of unbranched alkanes of at least 4 members (excludes halogenated alkanes) is 9. The molecule has 0 unspecified atom stereocenters. The molecule has 27 heavy (non-hydrogen) atoms. The third-order valence-electron chi connectivity index (χ3n) is 4.50.